The Morgan fingerprint density at radius 1 is 0.708 bits per heavy atom. The van der Waals surface area contributed by atoms with Gasteiger partial charge in [0.25, 0.3) is 0 Å². The predicted molar refractivity (Wildman–Crippen MR) is 102 cm³/mol. The zero-order valence-electron chi connectivity index (χ0n) is 15.0. The molecule has 0 spiro atoms. The summed E-state index contributed by atoms with van der Waals surface area (Å²) in [6, 6.07) is 4.11. The number of hydrogen-bond acceptors (Lipinski definition) is 2. The summed E-state index contributed by atoms with van der Waals surface area (Å²) in [6.07, 6.45) is 4.75. The molecule has 0 radical (unpaired) electrons. The maximum Gasteiger partial charge on any atom is 0.127 e. The first kappa shape index (κ1) is 17.9. The highest BCUT2D eigenvalue weighted by Crippen LogP contribution is 2.45. The second-order valence-electron chi connectivity index (χ2n) is 6.41. The van der Waals surface area contributed by atoms with Crippen molar-refractivity contribution in [3.8, 4) is 22.6 Å². The Kier molecular flexibility index (Phi) is 5.18. The molecule has 24 heavy (non-hydrogen) atoms. The molecule has 0 saturated carbocycles. The minimum absolute atomic E-state index is 0.235. The molecule has 0 aromatic heterocycles. The predicted octanol–water partition coefficient (Wildman–Crippen LogP) is 5.46. The lowest BCUT2D eigenvalue weighted by molar-refractivity contribution is 0.462. The van der Waals surface area contributed by atoms with Gasteiger partial charge < -0.3 is 10.2 Å². The van der Waals surface area contributed by atoms with E-state index < -0.39 is 0 Å². The van der Waals surface area contributed by atoms with Crippen molar-refractivity contribution >= 4 is 0 Å². The highest BCUT2D eigenvalue weighted by atomic mass is 16.3. The van der Waals surface area contributed by atoms with Crippen molar-refractivity contribution < 1.29 is 10.2 Å². The van der Waals surface area contributed by atoms with E-state index in [4.69, 9.17) is 0 Å². The smallest absolute Gasteiger partial charge is 0.127 e. The van der Waals surface area contributed by atoms with Crippen molar-refractivity contribution in [2.45, 2.75) is 40.5 Å². The lowest BCUT2D eigenvalue weighted by atomic mass is 9.87. The maximum atomic E-state index is 10.9. The number of hydrogen-bond donors (Lipinski definition) is 2. The van der Waals surface area contributed by atoms with Crippen LogP contribution in [0.1, 0.15) is 33.4 Å². The lowest BCUT2D eigenvalue weighted by Crippen LogP contribution is -1.99. The molecule has 0 atom stereocenters. The van der Waals surface area contributed by atoms with Gasteiger partial charge in [0, 0.05) is 22.3 Å². The Bertz CT molecular complexity index is 744. The molecule has 0 saturated heterocycles. The van der Waals surface area contributed by atoms with Crippen LogP contribution in [0, 0.1) is 27.7 Å². The summed E-state index contributed by atoms with van der Waals surface area (Å²) in [7, 11) is 0. The van der Waals surface area contributed by atoms with Gasteiger partial charge in [0.2, 0.25) is 0 Å². The molecule has 2 rings (SSSR count). The third-order valence-electron chi connectivity index (χ3n) is 4.60. The number of benzene rings is 2. The van der Waals surface area contributed by atoms with Gasteiger partial charge >= 0.3 is 0 Å². The third-order valence-corrected chi connectivity index (χ3v) is 4.60. The molecular formula is C22H26O2. The molecule has 2 N–H and O–H groups in total. The van der Waals surface area contributed by atoms with E-state index in [0.29, 0.717) is 24.0 Å². The summed E-state index contributed by atoms with van der Waals surface area (Å²) >= 11 is 0. The normalized spacial score (nSPS) is 10.7. The Hall–Kier alpha value is -2.48. The molecule has 0 amide bonds. The standard InChI is InChI=1S/C22H26O2/c1-7-9-17-13(3)11-15(5)19(21(17)23)20-16(6)12-14(4)18(10-8-2)22(20)24/h7-8,11-12,23-24H,1-2,9-10H2,3-6H3. The van der Waals surface area contributed by atoms with E-state index in [-0.39, 0.29) is 11.5 Å². The minimum Gasteiger partial charge on any atom is -0.507 e. The minimum atomic E-state index is 0.235. The van der Waals surface area contributed by atoms with Gasteiger partial charge in [-0.05, 0) is 62.8 Å². The molecule has 0 unspecified atom stereocenters. The number of allylic oxidation sites excluding steroid dienone is 2. The zero-order chi connectivity index (χ0) is 18.0. The average molecular weight is 322 g/mol. The van der Waals surface area contributed by atoms with Crippen molar-refractivity contribution in [2.24, 2.45) is 0 Å². The topological polar surface area (TPSA) is 40.5 Å². The number of aryl methyl sites for hydroxylation is 4. The molecule has 2 aromatic carbocycles. The van der Waals surface area contributed by atoms with Gasteiger partial charge in [-0.1, -0.05) is 24.3 Å². The first-order chi connectivity index (χ1) is 11.3. The quantitative estimate of drug-likeness (QED) is 0.718. The van der Waals surface area contributed by atoms with Gasteiger partial charge in [-0.3, -0.25) is 0 Å². The van der Waals surface area contributed by atoms with Crippen LogP contribution in [0.25, 0.3) is 11.1 Å². The van der Waals surface area contributed by atoms with Crippen LogP contribution in [0.15, 0.2) is 37.4 Å². The van der Waals surface area contributed by atoms with Crippen LogP contribution >= 0.6 is 0 Å². The number of phenols is 2. The fraction of sp³-hybridized carbons (Fsp3) is 0.273. The largest absolute Gasteiger partial charge is 0.507 e. The van der Waals surface area contributed by atoms with Crippen LogP contribution in [0.3, 0.4) is 0 Å². The van der Waals surface area contributed by atoms with Crippen LogP contribution < -0.4 is 0 Å². The molecule has 2 nitrogen and oxygen atoms in total. The van der Waals surface area contributed by atoms with E-state index in [1.807, 2.05) is 27.7 Å². The van der Waals surface area contributed by atoms with Crippen LogP contribution in [-0.2, 0) is 12.8 Å². The van der Waals surface area contributed by atoms with Crippen LogP contribution in [0.5, 0.6) is 11.5 Å². The zero-order valence-corrected chi connectivity index (χ0v) is 15.0. The molecule has 126 valence electrons. The summed E-state index contributed by atoms with van der Waals surface area (Å²) in [5, 5.41) is 21.8. The monoisotopic (exact) mass is 322 g/mol. The molecule has 0 bridgehead atoms. The Balaban J connectivity index is 2.86. The first-order valence-electron chi connectivity index (χ1n) is 8.19. The number of aromatic hydroxyl groups is 2. The van der Waals surface area contributed by atoms with Gasteiger partial charge in [0.1, 0.15) is 11.5 Å². The molecule has 0 aliphatic carbocycles. The first-order valence-corrected chi connectivity index (χ1v) is 8.19. The van der Waals surface area contributed by atoms with Crippen molar-refractivity contribution in [2.75, 3.05) is 0 Å². The maximum absolute atomic E-state index is 10.9. The Labute approximate surface area is 144 Å². The third kappa shape index (κ3) is 2.96. The van der Waals surface area contributed by atoms with Crippen molar-refractivity contribution in [3.05, 3.63) is 70.8 Å². The van der Waals surface area contributed by atoms with Crippen LogP contribution in [-0.4, -0.2) is 10.2 Å². The van der Waals surface area contributed by atoms with Crippen molar-refractivity contribution in [1.29, 1.82) is 0 Å². The van der Waals surface area contributed by atoms with E-state index in [1.165, 1.54) is 0 Å². The van der Waals surface area contributed by atoms with Gasteiger partial charge in [-0.2, -0.15) is 0 Å². The van der Waals surface area contributed by atoms with E-state index in [9.17, 15) is 10.2 Å². The summed E-state index contributed by atoms with van der Waals surface area (Å²) in [5.41, 5.74) is 7.09. The van der Waals surface area contributed by atoms with Crippen LogP contribution in [0.2, 0.25) is 0 Å². The second kappa shape index (κ2) is 6.96. The summed E-state index contributed by atoms with van der Waals surface area (Å²) in [6.45, 7) is 15.5. The van der Waals surface area contributed by atoms with E-state index in [2.05, 4.69) is 25.3 Å². The highest BCUT2D eigenvalue weighted by Gasteiger charge is 2.21. The highest BCUT2D eigenvalue weighted by molar-refractivity contribution is 5.84. The lowest BCUT2D eigenvalue weighted by Gasteiger charge is -2.20. The number of rotatable bonds is 5. The fourth-order valence-electron chi connectivity index (χ4n) is 3.45. The SMILES string of the molecule is C=CCc1c(C)cc(C)c(-c2c(C)cc(C)c(CC=C)c2O)c1O. The summed E-state index contributed by atoms with van der Waals surface area (Å²) in [4.78, 5) is 0. The van der Waals surface area contributed by atoms with Crippen molar-refractivity contribution in [1.82, 2.24) is 0 Å². The average Bonchev–Trinajstić information content (AvgIpc) is 2.50. The molecule has 2 heteroatoms. The van der Waals surface area contributed by atoms with E-state index in [0.717, 1.165) is 33.4 Å². The van der Waals surface area contributed by atoms with E-state index in [1.54, 1.807) is 12.2 Å². The Morgan fingerprint density at radius 3 is 1.33 bits per heavy atom. The molecule has 2 aromatic rings. The summed E-state index contributed by atoms with van der Waals surface area (Å²) < 4.78 is 0. The van der Waals surface area contributed by atoms with Crippen molar-refractivity contribution in [3.63, 3.8) is 0 Å². The number of phenolic OH excluding ortho intramolecular Hbond substituents is 2. The summed E-state index contributed by atoms with van der Waals surface area (Å²) in [5.74, 6) is 0.471. The fourth-order valence-corrected chi connectivity index (χ4v) is 3.45. The molecular weight excluding hydrogens is 296 g/mol. The molecule has 0 aliphatic heterocycles. The van der Waals surface area contributed by atoms with Gasteiger partial charge in [-0.25, -0.2) is 0 Å². The van der Waals surface area contributed by atoms with Gasteiger partial charge in [-0.15, -0.1) is 13.2 Å². The van der Waals surface area contributed by atoms with Crippen LogP contribution in [0.4, 0.5) is 0 Å². The van der Waals surface area contributed by atoms with Gasteiger partial charge in [0.15, 0.2) is 0 Å². The van der Waals surface area contributed by atoms with E-state index >= 15 is 0 Å². The molecule has 0 aliphatic rings. The Morgan fingerprint density at radius 2 is 1.04 bits per heavy atom. The molecule has 0 fully saturated rings. The molecule has 0 heterocycles. The van der Waals surface area contributed by atoms with Gasteiger partial charge in [0.05, 0.1) is 0 Å². The second-order valence-corrected chi connectivity index (χ2v) is 6.41.